The Kier molecular flexibility index (Phi) is 4.59. The van der Waals surface area contributed by atoms with Crippen molar-refractivity contribution in [3.63, 3.8) is 0 Å². The molecule has 2 aliphatic rings. The number of Topliss-reactive ketones (excluding diaryl/α,β-unsaturated/α-hetero) is 1. The third-order valence-corrected chi connectivity index (χ3v) is 5.31. The van der Waals surface area contributed by atoms with Crippen molar-refractivity contribution in [2.45, 2.75) is 18.9 Å². The molecule has 1 saturated carbocycles. The Hall–Kier alpha value is -2.47. The van der Waals surface area contributed by atoms with Gasteiger partial charge in [0.1, 0.15) is 11.4 Å². The molecule has 0 spiro atoms. The van der Waals surface area contributed by atoms with Crippen LogP contribution >= 0.6 is 0 Å². The number of rotatable bonds is 5. The van der Waals surface area contributed by atoms with Crippen molar-refractivity contribution >= 4 is 5.78 Å². The smallest absolute Gasteiger partial charge is 0.195 e. The van der Waals surface area contributed by atoms with Crippen LogP contribution in [-0.2, 0) is 0 Å². The highest BCUT2D eigenvalue weighted by Crippen LogP contribution is 2.40. The van der Waals surface area contributed by atoms with Crippen molar-refractivity contribution in [3.05, 3.63) is 54.1 Å². The standard InChI is InChI=1S/C20H21FN2O3/c21-17-3-1-2-4-20(17)26-16-7-13-10-23(11-14(13)8-16)12-19(25)18-6-5-15(24)9-22-18/h1-6,9,13-14,16,24H,7-8,10-12H2/t13-,14+,16?. The van der Waals surface area contributed by atoms with Crippen molar-refractivity contribution < 1.29 is 19.0 Å². The molecule has 1 aromatic carbocycles. The number of fused-ring (bicyclic) bond motifs is 1. The molecule has 1 N–H and O–H groups in total. The van der Waals surface area contributed by atoms with Gasteiger partial charge in [0.2, 0.25) is 0 Å². The zero-order chi connectivity index (χ0) is 18.1. The minimum absolute atomic E-state index is 0.0378. The second kappa shape index (κ2) is 7.03. The van der Waals surface area contributed by atoms with Gasteiger partial charge in [0.15, 0.2) is 17.3 Å². The number of likely N-dealkylation sites (tertiary alicyclic amines) is 1. The summed E-state index contributed by atoms with van der Waals surface area (Å²) in [7, 11) is 0. The summed E-state index contributed by atoms with van der Waals surface area (Å²) >= 11 is 0. The highest BCUT2D eigenvalue weighted by molar-refractivity contribution is 5.95. The van der Waals surface area contributed by atoms with E-state index in [-0.39, 0.29) is 23.5 Å². The van der Waals surface area contributed by atoms with E-state index in [1.54, 1.807) is 24.3 Å². The van der Waals surface area contributed by atoms with Crippen LogP contribution in [0.25, 0.3) is 0 Å². The van der Waals surface area contributed by atoms with Gasteiger partial charge in [-0.2, -0.15) is 0 Å². The Bertz CT molecular complexity index is 782. The lowest BCUT2D eigenvalue weighted by molar-refractivity contribution is 0.0931. The van der Waals surface area contributed by atoms with Crippen molar-refractivity contribution in [2.24, 2.45) is 11.8 Å². The summed E-state index contributed by atoms with van der Waals surface area (Å²) in [6.45, 7) is 2.04. The van der Waals surface area contributed by atoms with Crippen molar-refractivity contribution in [1.29, 1.82) is 0 Å². The molecule has 1 saturated heterocycles. The summed E-state index contributed by atoms with van der Waals surface area (Å²) in [4.78, 5) is 18.5. The number of carbonyl (C=O) groups excluding carboxylic acids is 1. The second-order valence-corrected chi connectivity index (χ2v) is 7.18. The molecule has 3 atom stereocenters. The van der Waals surface area contributed by atoms with E-state index in [1.165, 1.54) is 18.3 Å². The molecule has 1 aliphatic carbocycles. The number of ether oxygens (including phenoxy) is 1. The van der Waals surface area contributed by atoms with E-state index in [0.717, 1.165) is 25.9 Å². The van der Waals surface area contributed by atoms with E-state index in [2.05, 4.69) is 9.88 Å². The molecule has 2 heterocycles. The van der Waals surface area contributed by atoms with E-state index >= 15 is 0 Å². The van der Waals surface area contributed by atoms with Crippen molar-refractivity contribution in [2.75, 3.05) is 19.6 Å². The highest BCUT2D eigenvalue weighted by Gasteiger charge is 2.42. The van der Waals surface area contributed by atoms with E-state index in [1.807, 2.05) is 0 Å². The quantitative estimate of drug-likeness (QED) is 0.835. The molecule has 136 valence electrons. The van der Waals surface area contributed by atoms with E-state index < -0.39 is 0 Å². The Balaban J connectivity index is 1.30. The van der Waals surface area contributed by atoms with Crippen molar-refractivity contribution in [1.82, 2.24) is 9.88 Å². The molecule has 6 heteroatoms. The van der Waals surface area contributed by atoms with Crippen LogP contribution in [0.15, 0.2) is 42.6 Å². The lowest BCUT2D eigenvalue weighted by Gasteiger charge is -2.19. The van der Waals surface area contributed by atoms with Gasteiger partial charge in [-0.05, 0) is 48.9 Å². The summed E-state index contributed by atoms with van der Waals surface area (Å²) in [5.41, 5.74) is 0.376. The van der Waals surface area contributed by atoms with Crippen LogP contribution in [0.4, 0.5) is 4.39 Å². The molecule has 2 aromatic rings. The van der Waals surface area contributed by atoms with Gasteiger partial charge >= 0.3 is 0 Å². The zero-order valence-electron chi connectivity index (χ0n) is 14.3. The number of hydrogen-bond acceptors (Lipinski definition) is 5. The average molecular weight is 356 g/mol. The van der Waals surface area contributed by atoms with Gasteiger partial charge in [-0.25, -0.2) is 9.37 Å². The van der Waals surface area contributed by atoms with Gasteiger partial charge < -0.3 is 9.84 Å². The maximum absolute atomic E-state index is 13.7. The minimum Gasteiger partial charge on any atom is -0.506 e. The highest BCUT2D eigenvalue weighted by atomic mass is 19.1. The summed E-state index contributed by atoms with van der Waals surface area (Å²) in [5, 5.41) is 9.26. The molecular weight excluding hydrogens is 335 g/mol. The van der Waals surface area contributed by atoms with Crippen LogP contribution in [0.1, 0.15) is 23.3 Å². The number of pyridine rings is 1. The first kappa shape index (κ1) is 17.0. The third-order valence-electron chi connectivity index (χ3n) is 5.31. The molecule has 1 aromatic heterocycles. The monoisotopic (exact) mass is 356 g/mol. The molecule has 26 heavy (non-hydrogen) atoms. The SMILES string of the molecule is O=C(CN1C[C@H]2CC(Oc3ccccc3F)C[C@H]2C1)c1ccc(O)cn1. The third kappa shape index (κ3) is 3.55. The van der Waals surface area contributed by atoms with Crippen LogP contribution in [0.2, 0.25) is 0 Å². The van der Waals surface area contributed by atoms with E-state index in [9.17, 15) is 14.3 Å². The molecule has 1 unspecified atom stereocenters. The normalized spacial score (nSPS) is 25.2. The second-order valence-electron chi connectivity index (χ2n) is 7.18. The van der Waals surface area contributed by atoms with E-state index in [4.69, 9.17) is 4.74 Å². The number of ketones is 1. The van der Waals surface area contributed by atoms with Crippen LogP contribution in [0.5, 0.6) is 11.5 Å². The average Bonchev–Trinajstić information content (AvgIpc) is 3.15. The lowest BCUT2D eigenvalue weighted by atomic mass is 10.0. The molecule has 0 bridgehead atoms. The molecule has 2 fully saturated rings. The van der Waals surface area contributed by atoms with Gasteiger partial charge in [-0.3, -0.25) is 9.69 Å². The first-order chi connectivity index (χ1) is 12.6. The number of aromatic nitrogens is 1. The van der Waals surface area contributed by atoms with E-state index in [0.29, 0.717) is 29.8 Å². The molecule has 1 aliphatic heterocycles. The Morgan fingerprint density at radius 2 is 1.92 bits per heavy atom. The maximum atomic E-state index is 13.7. The van der Waals surface area contributed by atoms with Gasteiger partial charge in [0, 0.05) is 13.1 Å². The minimum atomic E-state index is -0.321. The van der Waals surface area contributed by atoms with Gasteiger partial charge in [-0.15, -0.1) is 0 Å². The number of hydrogen-bond donors (Lipinski definition) is 1. The summed E-state index contributed by atoms with van der Waals surface area (Å²) in [6, 6.07) is 9.54. The first-order valence-electron chi connectivity index (χ1n) is 8.90. The largest absolute Gasteiger partial charge is 0.506 e. The fourth-order valence-electron chi connectivity index (χ4n) is 4.12. The molecule has 0 amide bonds. The fraction of sp³-hybridized carbons (Fsp3) is 0.400. The van der Waals surface area contributed by atoms with Crippen LogP contribution in [0, 0.1) is 17.7 Å². The molecule has 4 rings (SSSR count). The fourth-order valence-corrected chi connectivity index (χ4v) is 4.12. The van der Waals surface area contributed by atoms with Crippen LogP contribution in [0.3, 0.4) is 0 Å². The number of aromatic hydroxyl groups is 1. The number of nitrogens with zero attached hydrogens (tertiary/aromatic N) is 2. The summed E-state index contributed by atoms with van der Waals surface area (Å²) < 4.78 is 19.6. The van der Waals surface area contributed by atoms with Crippen molar-refractivity contribution in [3.8, 4) is 11.5 Å². The van der Waals surface area contributed by atoms with Crippen LogP contribution in [-0.4, -0.2) is 46.5 Å². The van der Waals surface area contributed by atoms with Crippen LogP contribution < -0.4 is 4.74 Å². The summed E-state index contributed by atoms with van der Waals surface area (Å²) in [5.74, 6) is 0.975. The Morgan fingerprint density at radius 1 is 1.19 bits per heavy atom. The molecular formula is C20H21FN2O3. The molecule has 0 radical (unpaired) electrons. The Morgan fingerprint density at radius 3 is 2.58 bits per heavy atom. The predicted molar refractivity (Wildman–Crippen MR) is 93.7 cm³/mol. The number of carbonyl (C=O) groups is 1. The lowest BCUT2D eigenvalue weighted by Crippen LogP contribution is -2.30. The first-order valence-corrected chi connectivity index (χ1v) is 8.90. The number of para-hydroxylation sites is 1. The van der Waals surface area contributed by atoms with Gasteiger partial charge in [-0.1, -0.05) is 12.1 Å². The zero-order valence-corrected chi connectivity index (χ0v) is 14.3. The number of halogens is 1. The Labute approximate surface area is 151 Å². The number of benzene rings is 1. The maximum Gasteiger partial charge on any atom is 0.195 e. The topological polar surface area (TPSA) is 62.7 Å². The predicted octanol–water partition coefficient (Wildman–Crippen LogP) is 2.90. The van der Waals surface area contributed by atoms with Gasteiger partial charge in [0.25, 0.3) is 0 Å². The molecule has 5 nitrogen and oxygen atoms in total. The summed E-state index contributed by atoms with van der Waals surface area (Å²) in [6.07, 6.45) is 3.11. The van der Waals surface area contributed by atoms with Gasteiger partial charge in [0.05, 0.1) is 18.8 Å².